The van der Waals surface area contributed by atoms with Gasteiger partial charge in [-0.05, 0) is 23.3 Å². The monoisotopic (exact) mass is 232 g/mol. The van der Waals surface area contributed by atoms with Crippen molar-refractivity contribution in [3.8, 4) is 0 Å². The molecular weight excluding hydrogens is 220 g/mol. The summed E-state index contributed by atoms with van der Waals surface area (Å²) in [5, 5.41) is 0.742. The Labute approximate surface area is 101 Å². The first-order chi connectivity index (χ1) is 7.81. The van der Waals surface area contributed by atoms with Crippen LogP contribution in [0.15, 0.2) is 54.6 Å². The largest absolute Gasteiger partial charge is 0.372 e. The van der Waals surface area contributed by atoms with Gasteiger partial charge in [0.2, 0.25) is 0 Å². The molecule has 0 amide bonds. The Bertz CT molecular complexity index is 436. The van der Waals surface area contributed by atoms with Crippen LogP contribution in [0.3, 0.4) is 0 Å². The highest BCUT2D eigenvalue weighted by Crippen LogP contribution is 2.25. The van der Waals surface area contributed by atoms with Gasteiger partial charge in [-0.1, -0.05) is 54.1 Å². The third-order valence-corrected chi connectivity index (χ3v) is 2.76. The number of ether oxygens (including phenoxy) is 1. The van der Waals surface area contributed by atoms with E-state index >= 15 is 0 Å². The Balaban J connectivity index is 2.33. The number of hydrogen-bond donors (Lipinski definition) is 0. The molecule has 2 aromatic rings. The molecule has 0 aromatic heterocycles. The number of halogens is 1. The van der Waals surface area contributed by atoms with E-state index in [-0.39, 0.29) is 6.10 Å². The van der Waals surface area contributed by atoms with E-state index in [9.17, 15) is 0 Å². The van der Waals surface area contributed by atoms with E-state index in [2.05, 4.69) is 12.1 Å². The third-order valence-electron chi connectivity index (χ3n) is 2.51. The van der Waals surface area contributed by atoms with Crippen LogP contribution < -0.4 is 0 Å². The minimum absolute atomic E-state index is 0.0292. The summed E-state index contributed by atoms with van der Waals surface area (Å²) in [4.78, 5) is 0. The number of hydrogen-bond acceptors (Lipinski definition) is 1. The lowest BCUT2D eigenvalue weighted by atomic mass is 10.0. The van der Waals surface area contributed by atoms with Gasteiger partial charge in [-0.2, -0.15) is 0 Å². The Kier molecular flexibility index (Phi) is 3.60. The van der Waals surface area contributed by atoms with E-state index in [4.69, 9.17) is 16.3 Å². The molecule has 2 heteroatoms. The van der Waals surface area contributed by atoms with Gasteiger partial charge in [0.1, 0.15) is 6.10 Å². The summed E-state index contributed by atoms with van der Waals surface area (Å²) in [5.41, 5.74) is 2.26. The molecule has 1 atom stereocenters. The Hall–Kier alpha value is -1.31. The number of rotatable bonds is 3. The van der Waals surface area contributed by atoms with Crippen LogP contribution in [0, 0.1) is 0 Å². The Morgan fingerprint density at radius 1 is 0.875 bits per heavy atom. The minimum atomic E-state index is -0.0292. The number of methoxy groups -OCH3 is 1. The van der Waals surface area contributed by atoms with Gasteiger partial charge >= 0.3 is 0 Å². The predicted molar refractivity (Wildman–Crippen MR) is 66.7 cm³/mol. The van der Waals surface area contributed by atoms with E-state index < -0.39 is 0 Å². The van der Waals surface area contributed by atoms with Crippen molar-refractivity contribution >= 4 is 11.6 Å². The maximum Gasteiger partial charge on any atom is 0.107 e. The van der Waals surface area contributed by atoms with Gasteiger partial charge < -0.3 is 4.74 Å². The molecule has 0 aliphatic carbocycles. The van der Waals surface area contributed by atoms with Crippen LogP contribution in [-0.2, 0) is 4.74 Å². The first kappa shape index (κ1) is 11.2. The molecule has 0 bridgehead atoms. The molecule has 0 fully saturated rings. The van der Waals surface area contributed by atoms with Gasteiger partial charge in [0.25, 0.3) is 0 Å². The van der Waals surface area contributed by atoms with Crippen molar-refractivity contribution in [3.05, 3.63) is 70.7 Å². The molecule has 0 aliphatic heterocycles. The zero-order chi connectivity index (χ0) is 11.4. The average Bonchev–Trinajstić information content (AvgIpc) is 2.34. The first-order valence-electron chi connectivity index (χ1n) is 5.14. The van der Waals surface area contributed by atoms with Crippen molar-refractivity contribution in [1.29, 1.82) is 0 Å². The highest BCUT2D eigenvalue weighted by Gasteiger charge is 2.11. The SMILES string of the molecule is CO[C@@H](c1ccccc1)c1ccc(Cl)cc1. The molecule has 0 unspecified atom stereocenters. The lowest BCUT2D eigenvalue weighted by Crippen LogP contribution is -2.02. The van der Waals surface area contributed by atoms with Gasteiger partial charge in [-0.15, -0.1) is 0 Å². The molecule has 82 valence electrons. The van der Waals surface area contributed by atoms with Crippen molar-refractivity contribution in [2.45, 2.75) is 6.10 Å². The standard InChI is InChI=1S/C14H13ClO/c1-16-14(11-5-3-2-4-6-11)12-7-9-13(15)10-8-12/h2-10,14H,1H3/t14-/m0/s1. The Morgan fingerprint density at radius 3 is 2.00 bits per heavy atom. The summed E-state index contributed by atoms with van der Waals surface area (Å²) >= 11 is 5.86. The second-order valence-electron chi connectivity index (χ2n) is 3.58. The first-order valence-corrected chi connectivity index (χ1v) is 5.52. The smallest absolute Gasteiger partial charge is 0.107 e. The molecule has 16 heavy (non-hydrogen) atoms. The van der Waals surface area contributed by atoms with Crippen LogP contribution >= 0.6 is 11.6 Å². The summed E-state index contributed by atoms with van der Waals surface area (Å²) in [6.07, 6.45) is -0.0292. The highest BCUT2D eigenvalue weighted by molar-refractivity contribution is 6.30. The second kappa shape index (κ2) is 5.15. The van der Waals surface area contributed by atoms with Crippen molar-refractivity contribution in [1.82, 2.24) is 0 Å². The van der Waals surface area contributed by atoms with Crippen molar-refractivity contribution in [2.24, 2.45) is 0 Å². The summed E-state index contributed by atoms with van der Waals surface area (Å²) in [7, 11) is 1.71. The van der Waals surface area contributed by atoms with Crippen LogP contribution in [0.5, 0.6) is 0 Å². The van der Waals surface area contributed by atoms with Crippen LogP contribution in [-0.4, -0.2) is 7.11 Å². The normalized spacial score (nSPS) is 12.4. The van der Waals surface area contributed by atoms with E-state index in [0.29, 0.717) is 0 Å². The average molecular weight is 233 g/mol. The van der Waals surface area contributed by atoms with Crippen molar-refractivity contribution in [3.63, 3.8) is 0 Å². The van der Waals surface area contributed by atoms with Crippen LogP contribution in [0.4, 0.5) is 0 Å². The van der Waals surface area contributed by atoms with Crippen molar-refractivity contribution < 1.29 is 4.74 Å². The Morgan fingerprint density at radius 2 is 1.44 bits per heavy atom. The molecule has 2 aromatic carbocycles. The molecule has 0 N–H and O–H groups in total. The quantitative estimate of drug-likeness (QED) is 0.775. The lowest BCUT2D eigenvalue weighted by molar-refractivity contribution is 0.136. The summed E-state index contributed by atoms with van der Waals surface area (Å²) in [6.45, 7) is 0. The molecule has 2 rings (SSSR count). The molecule has 0 radical (unpaired) electrons. The van der Waals surface area contributed by atoms with Crippen molar-refractivity contribution in [2.75, 3.05) is 7.11 Å². The van der Waals surface area contributed by atoms with Crippen LogP contribution in [0.25, 0.3) is 0 Å². The topological polar surface area (TPSA) is 9.23 Å². The maximum absolute atomic E-state index is 5.86. The molecule has 0 aliphatic rings. The predicted octanol–water partition coefficient (Wildman–Crippen LogP) is 4.08. The van der Waals surface area contributed by atoms with Gasteiger partial charge in [-0.25, -0.2) is 0 Å². The summed E-state index contributed by atoms with van der Waals surface area (Å²) in [6, 6.07) is 17.9. The molecule has 0 saturated heterocycles. The molecular formula is C14H13ClO. The summed E-state index contributed by atoms with van der Waals surface area (Å²) in [5.74, 6) is 0. The van der Waals surface area contributed by atoms with Gasteiger partial charge in [0.15, 0.2) is 0 Å². The molecule has 0 heterocycles. The zero-order valence-corrected chi connectivity index (χ0v) is 9.82. The fourth-order valence-corrected chi connectivity index (χ4v) is 1.86. The third kappa shape index (κ3) is 2.43. The van der Waals surface area contributed by atoms with Crippen LogP contribution in [0.2, 0.25) is 5.02 Å². The van der Waals surface area contributed by atoms with E-state index in [0.717, 1.165) is 16.1 Å². The van der Waals surface area contributed by atoms with Gasteiger partial charge in [0.05, 0.1) is 0 Å². The van der Waals surface area contributed by atoms with Gasteiger partial charge in [-0.3, -0.25) is 0 Å². The minimum Gasteiger partial charge on any atom is -0.372 e. The maximum atomic E-state index is 5.86. The van der Waals surface area contributed by atoms with Crippen LogP contribution in [0.1, 0.15) is 17.2 Å². The molecule has 0 saturated carbocycles. The molecule has 1 nitrogen and oxygen atoms in total. The second-order valence-corrected chi connectivity index (χ2v) is 4.01. The van der Waals surface area contributed by atoms with E-state index in [1.807, 2.05) is 42.5 Å². The fourth-order valence-electron chi connectivity index (χ4n) is 1.73. The molecule has 0 spiro atoms. The number of benzene rings is 2. The zero-order valence-electron chi connectivity index (χ0n) is 9.06. The fraction of sp³-hybridized carbons (Fsp3) is 0.143. The van der Waals surface area contributed by atoms with E-state index in [1.165, 1.54) is 0 Å². The lowest BCUT2D eigenvalue weighted by Gasteiger charge is -2.16. The van der Waals surface area contributed by atoms with E-state index in [1.54, 1.807) is 7.11 Å². The summed E-state index contributed by atoms with van der Waals surface area (Å²) < 4.78 is 5.52. The highest BCUT2D eigenvalue weighted by atomic mass is 35.5. The van der Waals surface area contributed by atoms with Gasteiger partial charge in [0, 0.05) is 12.1 Å².